The maximum Gasteiger partial charge on any atom is 0.264 e. The Kier molecular flexibility index (Phi) is 8.70. The van der Waals surface area contributed by atoms with Crippen molar-refractivity contribution in [2.45, 2.75) is 31.3 Å². The number of anilines is 1. The second kappa shape index (κ2) is 11.5. The molecule has 0 aromatic heterocycles. The van der Waals surface area contributed by atoms with Gasteiger partial charge in [0.25, 0.3) is 10.0 Å². The van der Waals surface area contributed by atoms with E-state index < -0.39 is 40.2 Å². The Hall–Kier alpha value is -3.43. The lowest BCUT2D eigenvalue weighted by atomic mass is 10.1. The van der Waals surface area contributed by atoms with Crippen molar-refractivity contribution in [3.63, 3.8) is 0 Å². The van der Waals surface area contributed by atoms with E-state index in [4.69, 9.17) is 11.6 Å². The Labute approximate surface area is 215 Å². The van der Waals surface area contributed by atoms with Gasteiger partial charge in [0.1, 0.15) is 18.4 Å². The van der Waals surface area contributed by atoms with Gasteiger partial charge in [0, 0.05) is 18.6 Å². The number of carbonyl (C=O) groups excluding carboxylic acids is 2. The average Bonchev–Trinajstić information content (AvgIpc) is 2.88. The van der Waals surface area contributed by atoms with E-state index >= 15 is 0 Å². The van der Waals surface area contributed by atoms with E-state index in [0.29, 0.717) is 10.6 Å². The Morgan fingerprint density at radius 2 is 1.67 bits per heavy atom. The lowest BCUT2D eigenvalue weighted by molar-refractivity contribution is -0.139. The van der Waals surface area contributed by atoms with Crippen LogP contribution in [0.1, 0.15) is 18.1 Å². The van der Waals surface area contributed by atoms with Crippen molar-refractivity contribution in [2.75, 3.05) is 17.9 Å². The largest absolute Gasteiger partial charge is 0.357 e. The van der Waals surface area contributed by atoms with Crippen LogP contribution in [0, 0.1) is 12.7 Å². The Morgan fingerprint density at radius 3 is 2.25 bits per heavy atom. The lowest BCUT2D eigenvalue weighted by Crippen LogP contribution is -2.50. The number of rotatable bonds is 9. The van der Waals surface area contributed by atoms with E-state index in [1.165, 1.54) is 54.4 Å². The van der Waals surface area contributed by atoms with Gasteiger partial charge < -0.3 is 10.2 Å². The molecular formula is C26H27ClFN3O4S. The summed E-state index contributed by atoms with van der Waals surface area (Å²) in [4.78, 5) is 27.3. The van der Waals surface area contributed by atoms with Gasteiger partial charge in [-0.15, -0.1) is 0 Å². The molecular weight excluding hydrogens is 505 g/mol. The van der Waals surface area contributed by atoms with Gasteiger partial charge in [0.05, 0.1) is 10.6 Å². The third-order valence-electron chi connectivity index (χ3n) is 5.73. The average molecular weight is 532 g/mol. The number of sulfonamides is 1. The number of aryl methyl sites for hydroxylation is 1. The van der Waals surface area contributed by atoms with Crippen LogP contribution in [-0.4, -0.2) is 44.8 Å². The van der Waals surface area contributed by atoms with Crippen molar-refractivity contribution < 1.29 is 22.4 Å². The van der Waals surface area contributed by atoms with Gasteiger partial charge in [-0.05, 0) is 61.4 Å². The van der Waals surface area contributed by atoms with Gasteiger partial charge in [-0.1, -0.05) is 48.0 Å². The minimum atomic E-state index is -4.17. The molecule has 7 nitrogen and oxygen atoms in total. The number of benzene rings is 3. The van der Waals surface area contributed by atoms with Gasteiger partial charge >= 0.3 is 0 Å². The van der Waals surface area contributed by atoms with E-state index in [-0.39, 0.29) is 17.1 Å². The quantitative estimate of drug-likeness (QED) is 0.449. The molecule has 0 saturated heterocycles. The summed E-state index contributed by atoms with van der Waals surface area (Å²) in [6.07, 6.45) is 0. The van der Waals surface area contributed by atoms with Crippen molar-refractivity contribution in [2.24, 2.45) is 0 Å². The van der Waals surface area contributed by atoms with Crippen LogP contribution in [0.2, 0.25) is 5.02 Å². The van der Waals surface area contributed by atoms with Crippen molar-refractivity contribution in [1.29, 1.82) is 0 Å². The Bertz CT molecular complexity index is 1340. The second-order valence-corrected chi connectivity index (χ2v) is 10.5. The molecule has 3 aromatic rings. The van der Waals surface area contributed by atoms with E-state index in [1.807, 2.05) is 0 Å². The van der Waals surface area contributed by atoms with Crippen LogP contribution in [0.15, 0.2) is 77.7 Å². The van der Waals surface area contributed by atoms with Crippen LogP contribution >= 0.6 is 11.6 Å². The maximum atomic E-state index is 13.6. The first kappa shape index (κ1) is 27.2. The molecule has 1 atom stereocenters. The van der Waals surface area contributed by atoms with Crippen molar-refractivity contribution in [3.8, 4) is 0 Å². The molecule has 3 rings (SSSR count). The number of amides is 2. The Morgan fingerprint density at radius 1 is 1.03 bits per heavy atom. The fraction of sp³-hybridized carbons (Fsp3) is 0.231. The molecule has 0 bridgehead atoms. The normalized spacial score (nSPS) is 12.0. The summed E-state index contributed by atoms with van der Waals surface area (Å²) in [5.74, 6) is -1.49. The molecule has 0 aliphatic carbocycles. The zero-order valence-corrected chi connectivity index (χ0v) is 21.7. The molecule has 0 aliphatic rings. The molecule has 0 saturated carbocycles. The first-order valence-corrected chi connectivity index (χ1v) is 13.0. The summed E-state index contributed by atoms with van der Waals surface area (Å²) in [5.41, 5.74) is 1.53. The molecule has 1 N–H and O–H groups in total. The summed E-state index contributed by atoms with van der Waals surface area (Å²) in [5, 5.41) is 2.85. The van der Waals surface area contributed by atoms with Crippen LogP contribution < -0.4 is 9.62 Å². The van der Waals surface area contributed by atoms with Crippen LogP contribution in [0.25, 0.3) is 0 Å². The fourth-order valence-electron chi connectivity index (χ4n) is 3.56. The van der Waals surface area contributed by atoms with Gasteiger partial charge in [-0.3, -0.25) is 13.9 Å². The third-order valence-corrected chi connectivity index (χ3v) is 7.93. The molecule has 190 valence electrons. The molecule has 0 heterocycles. The SMILES string of the molecule is CNC(=O)[C@H](C)N(Cc1ccc(F)cc1)C(=O)CN(c1ccc(C)c(Cl)c1)S(=O)(=O)c1ccccc1. The van der Waals surface area contributed by atoms with E-state index in [0.717, 1.165) is 9.87 Å². The van der Waals surface area contributed by atoms with Crippen molar-refractivity contribution in [1.82, 2.24) is 10.2 Å². The molecule has 0 fully saturated rings. The summed E-state index contributed by atoms with van der Waals surface area (Å²) in [6, 6.07) is 17.0. The number of hydrogen-bond donors (Lipinski definition) is 1. The summed E-state index contributed by atoms with van der Waals surface area (Å²) in [6.45, 7) is 2.71. The first-order valence-electron chi connectivity index (χ1n) is 11.1. The predicted molar refractivity (Wildman–Crippen MR) is 138 cm³/mol. The van der Waals surface area contributed by atoms with Crippen LogP contribution in [0.3, 0.4) is 0 Å². The minimum absolute atomic E-state index is 0.000989. The second-order valence-electron chi connectivity index (χ2n) is 8.20. The molecule has 10 heteroatoms. The summed E-state index contributed by atoms with van der Waals surface area (Å²) < 4.78 is 41.7. The number of nitrogens with one attached hydrogen (secondary N) is 1. The van der Waals surface area contributed by atoms with E-state index in [1.54, 1.807) is 44.2 Å². The van der Waals surface area contributed by atoms with Crippen LogP contribution in [0.4, 0.5) is 10.1 Å². The van der Waals surface area contributed by atoms with Gasteiger partial charge in [0.15, 0.2) is 0 Å². The topological polar surface area (TPSA) is 86.8 Å². The molecule has 36 heavy (non-hydrogen) atoms. The number of likely N-dealkylation sites (N-methyl/N-ethyl adjacent to an activating group) is 1. The van der Waals surface area contributed by atoms with Gasteiger partial charge in [0.2, 0.25) is 11.8 Å². The van der Waals surface area contributed by atoms with Gasteiger partial charge in [-0.25, -0.2) is 12.8 Å². The lowest BCUT2D eigenvalue weighted by Gasteiger charge is -2.32. The molecule has 0 spiro atoms. The minimum Gasteiger partial charge on any atom is -0.357 e. The van der Waals surface area contributed by atoms with E-state index in [9.17, 15) is 22.4 Å². The smallest absolute Gasteiger partial charge is 0.264 e. The van der Waals surface area contributed by atoms with Crippen LogP contribution in [-0.2, 0) is 26.2 Å². The van der Waals surface area contributed by atoms with E-state index in [2.05, 4.69) is 5.32 Å². The zero-order chi connectivity index (χ0) is 26.5. The monoisotopic (exact) mass is 531 g/mol. The highest BCUT2D eigenvalue weighted by atomic mass is 35.5. The number of carbonyl (C=O) groups is 2. The standard InChI is InChI=1S/C26H27ClFN3O4S/c1-18-9-14-22(15-24(18)27)31(36(34,35)23-7-5-4-6-8-23)17-25(32)30(19(2)26(33)29-3)16-20-10-12-21(28)13-11-20/h4-15,19H,16-17H2,1-3H3,(H,29,33)/t19-/m0/s1. The molecule has 2 amide bonds. The summed E-state index contributed by atoms with van der Waals surface area (Å²) in [7, 11) is -2.72. The van der Waals surface area contributed by atoms with Crippen molar-refractivity contribution >= 4 is 39.1 Å². The molecule has 0 unspecified atom stereocenters. The predicted octanol–water partition coefficient (Wildman–Crippen LogP) is 4.15. The highest BCUT2D eigenvalue weighted by Crippen LogP contribution is 2.28. The van der Waals surface area contributed by atoms with Crippen LogP contribution in [0.5, 0.6) is 0 Å². The highest BCUT2D eigenvalue weighted by molar-refractivity contribution is 7.92. The van der Waals surface area contributed by atoms with Gasteiger partial charge in [-0.2, -0.15) is 0 Å². The zero-order valence-electron chi connectivity index (χ0n) is 20.1. The number of nitrogens with zero attached hydrogens (tertiary/aromatic N) is 2. The number of halogens is 2. The Balaban J connectivity index is 2.04. The van der Waals surface area contributed by atoms with Crippen molar-refractivity contribution in [3.05, 3.63) is 94.8 Å². The maximum absolute atomic E-state index is 13.6. The third kappa shape index (κ3) is 6.22. The fourth-order valence-corrected chi connectivity index (χ4v) is 5.17. The molecule has 0 aliphatic heterocycles. The summed E-state index contributed by atoms with van der Waals surface area (Å²) >= 11 is 6.28. The highest BCUT2D eigenvalue weighted by Gasteiger charge is 2.32. The number of hydrogen-bond acceptors (Lipinski definition) is 4. The molecule has 0 radical (unpaired) electrons. The first-order chi connectivity index (χ1) is 17.0. The molecule has 3 aromatic carbocycles.